The van der Waals surface area contributed by atoms with Crippen LogP contribution in [0.15, 0.2) is 12.2 Å². The molecule has 0 spiro atoms. The summed E-state index contributed by atoms with van der Waals surface area (Å²) in [6, 6.07) is 0. The van der Waals surface area contributed by atoms with E-state index >= 15 is 0 Å². The third kappa shape index (κ3) is 0.951. The number of allylic oxidation sites excluding steroid dienone is 2. The van der Waals surface area contributed by atoms with E-state index in [1.807, 2.05) is 12.2 Å². The van der Waals surface area contributed by atoms with Gasteiger partial charge < -0.3 is 9.84 Å². The molecular weight excluding hydrogens is 196 g/mol. The topological polar surface area (TPSA) is 63.6 Å². The lowest BCUT2D eigenvalue weighted by atomic mass is 9.73. The third-order valence-corrected chi connectivity index (χ3v) is 4.04. The number of rotatable bonds is 2. The Morgan fingerprint density at radius 2 is 2.27 bits per heavy atom. The lowest BCUT2D eigenvalue weighted by molar-refractivity contribution is -0.155. The number of hydrogen-bond donors (Lipinski definition) is 1. The quantitative estimate of drug-likeness (QED) is 0.401. The van der Waals surface area contributed by atoms with Crippen LogP contribution in [0.5, 0.6) is 0 Å². The highest BCUT2D eigenvalue weighted by Crippen LogP contribution is 2.60. The van der Waals surface area contributed by atoms with Gasteiger partial charge in [0, 0.05) is 12.0 Å². The molecular formula is C11H12O4. The zero-order valence-electron chi connectivity index (χ0n) is 8.18. The van der Waals surface area contributed by atoms with Crippen LogP contribution in [-0.2, 0) is 14.3 Å². The number of ether oxygens (including phenoxy) is 1. The molecule has 0 aromatic heterocycles. The summed E-state index contributed by atoms with van der Waals surface area (Å²) < 4.78 is 4.68. The summed E-state index contributed by atoms with van der Waals surface area (Å²) in [5.74, 6) is -1.26. The molecule has 1 N–H and O–H groups in total. The molecule has 0 radical (unpaired) electrons. The van der Waals surface area contributed by atoms with E-state index in [-0.39, 0.29) is 35.7 Å². The fourth-order valence-electron chi connectivity index (χ4n) is 3.44. The molecule has 1 heterocycles. The Balaban J connectivity index is 2.03. The van der Waals surface area contributed by atoms with Crippen molar-refractivity contribution in [1.82, 2.24) is 0 Å². The first-order chi connectivity index (χ1) is 7.18. The maximum Gasteiger partial charge on any atom is 0.318 e. The van der Waals surface area contributed by atoms with Gasteiger partial charge in [0.25, 0.3) is 0 Å². The third-order valence-electron chi connectivity index (χ3n) is 4.04. The molecule has 4 nitrogen and oxygen atoms in total. The van der Waals surface area contributed by atoms with Gasteiger partial charge in [0.1, 0.15) is 0 Å². The number of esters is 2. The fourth-order valence-corrected chi connectivity index (χ4v) is 3.44. The molecule has 2 fully saturated rings. The van der Waals surface area contributed by atoms with Gasteiger partial charge in [-0.05, 0) is 18.8 Å². The van der Waals surface area contributed by atoms with Crippen molar-refractivity contribution in [1.29, 1.82) is 0 Å². The summed E-state index contributed by atoms with van der Waals surface area (Å²) in [6.45, 7) is 0.0434. The Labute approximate surface area is 86.9 Å². The van der Waals surface area contributed by atoms with Gasteiger partial charge in [-0.25, -0.2) is 0 Å². The second-order valence-electron chi connectivity index (χ2n) is 4.68. The highest BCUT2D eigenvalue weighted by Gasteiger charge is 2.64. The van der Waals surface area contributed by atoms with Crippen molar-refractivity contribution in [3.63, 3.8) is 0 Å². The molecule has 1 saturated heterocycles. The van der Waals surface area contributed by atoms with Crippen LogP contribution < -0.4 is 0 Å². The average molecular weight is 208 g/mol. The Hall–Kier alpha value is -1.16. The van der Waals surface area contributed by atoms with E-state index < -0.39 is 5.97 Å². The van der Waals surface area contributed by atoms with Crippen LogP contribution in [0.4, 0.5) is 0 Å². The standard InChI is InChI=1S/C11H12O4/c12-4-3-11-2-1-6(5-11)7-8(11)10(14)15-9(7)13/h1-2,6-8,12H,3-5H2. The van der Waals surface area contributed by atoms with Crippen molar-refractivity contribution in [3.05, 3.63) is 12.2 Å². The maximum atomic E-state index is 11.6. The van der Waals surface area contributed by atoms with Gasteiger partial charge in [-0.1, -0.05) is 12.2 Å². The minimum absolute atomic E-state index is 0.0434. The summed E-state index contributed by atoms with van der Waals surface area (Å²) in [4.78, 5) is 23.0. The fraction of sp³-hybridized carbons (Fsp3) is 0.636. The number of cyclic esters (lactones) is 2. The Kier molecular flexibility index (Phi) is 1.63. The minimum Gasteiger partial charge on any atom is -0.396 e. The molecule has 1 saturated carbocycles. The zero-order valence-corrected chi connectivity index (χ0v) is 8.18. The maximum absolute atomic E-state index is 11.6. The molecule has 4 heteroatoms. The molecule has 80 valence electrons. The van der Waals surface area contributed by atoms with Crippen LogP contribution >= 0.6 is 0 Å². The van der Waals surface area contributed by atoms with Crippen molar-refractivity contribution in [3.8, 4) is 0 Å². The van der Waals surface area contributed by atoms with Crippen molar-refractivity contribution in [2.75, 3.05) is 6.61 Å². The summed E-state index contributed by atoms with van der Waals surface area (Å²) in [5.41, 5.74) is -0.312. The summed E-state index contributed by atoms with van der Waals surface area (Å²) in [5, 5.41) is 9.04. The van der Waals surface area contributed by atoms with Gasteiger partial charge in [-0.3, -0.25) is 9.59 Å². The minimum atomic E-state index is -0.398. The molecule has 0 aromatic carbocycles. The first-order valence-electron chi connectivity index (χ1n) is 5.24. The molecule has 1 aliphatic heterocycles. The number of hydrogen-bond acceptors (Lipinski definition) is 4. The summed E-state index contributed by atoms with van der Waals surface area (Å²) in [6.07, 6.45) is 5.35. The predicted molar refractivity (Wildman–Crippen MR) is 49.5 cm³/mol. The Bertz CT molecular complexity index is 373. The molecule has 2 aliphatic carbocycles. The molecule has 4 unspecified atom stereocenters. The van der Waals surface area contributed by atoms with Gasteiger partial charge in [0.05, 0.1) is 11.8 Å². The smallest absolute Gasteiger partial charge is 0.318 e. The van der Waals surface area contributed by atoms with Crippen LogP contribution in [0.25, 0.3) is 0 Å². The molecule has 3 aliphatic rings. The zero-order chi connectivity index (χ0) is 10.6. The van der Waals surface area contributed by atoms with Crippen molar-refractivity contribution < 1.29 is 19.4 Å². The first-order valence-corrected chi connectivity index (χ1v) is 5.24. The van der Waals surface area contributed by atoms with Gasteiger partial charge in [0.2, 0.25) is 0 Å². The average Bonchev–Trinajstić information content (AvgIpc) is 2.79. The SMILES string of the molecule is O=C1OC(=O)C2C1C1C=CC2(CCO)C1. The molecule has 2 bridgehead atoms. The molecule has 0 amide bonds. The number of aliphatic hydroxyl groups excluding tert-OH is 1. The van der Waals surface area contributed by atoms with Gasteiger partial charge in [-0.15, -0.1) is 0 Å². The van der Waals surface area contributed by atoms with E-state index in [1.165, 1.54) is 0 Å². The number of carbonyl (C=O) groups excluding carboxylic acids is 2. The van der Waals surface area contributed by atoms with Crippen LogP contribution in [-0.4, -0.2) is 23.7 Å². The largest absolute Gasteiger partial charge is 0.396 e. The van der Waals surface area contributed by atoms with Gasteiger partial charge in [0.15, 0.2) is 0 Å². The van der Waals surface area contributed by atoms with E-state index in [2.05, 4.69) is 4.74 Å². The summed E-state index contributed by atoms with van der Waals surface area (Å²) >= 11 is 0. The highest BCUT2D eigenvalue weighted by molar-refractivity contribution is 5.98. The number of carbonyl (C=O) groups is 2. The van der Waals surface area contributed by atoms with E-state index in [9.17, 15) is 9.59 Å². The van der Waals surface area contributed by atoms with Crippen LogP contribution in [0.1, 0.15) is 12.8 Å². The van der Waals surface area contributed by atoms with Crippen LogP contribution in [0.3, 0.4) is 0 Å². The molecule has 0 aromatic rings. The second-order valence-corrected chi connectivity index (χ2v) is 4.68. The molecule has 4 atom stereocenters. The van der Waals surface area contributed by atoms with E-state index in [4.69, 9.17) is 5.11 Å². The number of aliphatic hydroxyl groups is 1. The van der Waals surface area contributed by atoms with Crippen molar-refractivity contribution >= 4 is 11.9 Å². The lowest BCUT2D eigenvalue weighted by Crippen LogP contribution is -2.31. The Morgan fingerprint density at radius 3 is 3.00 bits per heavy atom. The number of fused-ring (bicyclic) bond motifs is 5. The molecule has 15 heavy (non-hydrogen) atoms. The van der Waals surface area contributed by atoms with Crippen LogP contribution in [0, 0.1) is 23.2 Å². The van der Waals surface area contributed by atoms with E-state index in [0.29, 0.717) is 6.42 Å². The van der Waals surface area contributed by atoms with Crippen molar-refractivity contribution in [2.45, 2.75) is 12.8 Å². The van der Waals surface area contributed by atoms with Gasteiger partial charge >= 0.3 is 11.9 Å². The van der Waals surface area contributed by atoms with Gasteiger partial charge in [-0.2, -0.15) is 0 Å². The normalized spacial score (nSPS) is 46.1. The highest BCUT2D eigenvalue weighted by atomic mass is 16.6. The monoisotopic (exact) mass is 208 g/mol. The predicted octanol–water partition coefficient (Wildman–Crippen LogP) is 0.261. The lowest BCUT2D eigenvalue weighted by Gasteiger charge is -2.27. The van der Waals surface area contributed by atoms with E-state index in [1.54, 1.807) is 0 Å². The second kappa shape index (κ2) is 2.70. The van der Waals surface area contributed by atoms with Crippen LogP contribution in [0.2, 0.25) is 0 Å². The molecule has 3 rings (SSSR count). The Morgan fingerprint density at radius 1 is 1.47 bits per heavy atom. The summed E-state index contributed by atoms with van der Waals surface area (Å²) in [7, 11) is 0. The van der Waals surface area contributed by atoms with Crippen molar-refractivity contribution in [2.24, 2.45) is 23.2 Å². The van der Waals surface area contributed by atoms with E-state index in [0.717, 1.165) is 6.42 Å². The first kappa shape index (κ1) is 9.09.